The Bertz CT molecular complexity index is 819. The van der Waals surface area contributed by atoms with Gasteiger partial charge in [0, 0.05) is 18.9 Å². The van der Waals surface area contributed by atoms with Gasteiger partial charge in [-0.15, -0.1) is 0 Å². The molecule has 2 heterocycles. The molecular weight excluding hydrogens is 326 g/mol. The standard InChI is InChI=1S/C17H16ClN5O/c18-13-5-1-2-6-14(13)21-17(24)20-10-12-23-11-8-16(22-23)15-7-3-4-9-19-15/h1-9,11H,10,12H2,(H2,20,21,24). The third kappa shape index (κ3) is 4.11. The van der Waals surface area contributed by atoms with Gasteiger partial charge in [0.2, 0.25) is 0 Å². The van der Waals surface area contributed by atoms with Gasteiger partial charge in [0.1, 0.15) is 5.69 Å². The Labute approximate surface area is 144 Å². The average molecular weight is 342 g/mol. The molecule has 3 aromatic rings. The van der Waals surface area contributed by atoms with Crippen LogP contribution in [0.2, 0.25) is 5.02 Å². The van der Waals surface area contributed by atoms with Crippen molar-refractivity contribution in [1.29, 1.82) is 0 Å². The van der Waals surface area contributed by atoms with Crippen LogP contribution in [0.5, 0.6) is 0 Å². The number of hydrogen-bond donors (Lipinski definition) is 2. The molecule has 0 aliphatic rings. The third-order valence-electron chi connectivity index (χ3n) is 3.32. The number of amides is 2. The summed E-state index contributed by atoms with van der Waals surface area (Å²) in [4.78, 5) is 16.1. The molecule has 2 N–H and O–H groups in total. The smallest absolute Gasteiger partial charge is 0.319 e. The molecule has 0 fully saturated rings. The SMILES string of the molecule is O=C(NCCn1ccc(-c2ccccn2)n1)Nc1ccccc1Cl. The van der Waals surface area contributed by atoms with Crippen molar-refractivity contribution in [1.82, 2.24) is 20.1 Å². The summed E-state index contributed by atoms with van der Waals surface area (Å²) in [6.45, 7) is 1.00. The second kappa shape index (κ2) is 7.61. The maximum absolute atomic E-state index is 11.9. The van der Waals surface area contributed by atoms with Gasteiger partial charge in [0.15, 0.2) is 0 Å². The van der Waals surface area contributed by atoms with E-state index in [1.165, 1.54) is 0 Å². The first-order chi connectivity index (χ1) is 11.7. The number of pyridine rings is 1. The minimum absolute atomic E-state index is 0.305. The van der Waals surface area contributed by atoms with Crippen molar-refractivity contribution in [2.45, 2.75) is 6.54 Å². The molecule has 2 aromatic heterocycles. The van der Waals surface area contributed by atoms with E-state index < -0.39 is 0 Å². The van der Waals surface area contributed by atoms with Crippen LogP contribution in [0.1, 0.15) is 0 Å². The highest BCUT2D eigenvalue weighted by Crippen LogP contribution is 2.20. The van der Waals surface area contributed by atoms with Crippen LogP contribution in [0.3, 0.4) is 0 Å². The molecule has 0 unspecified atom stereocenters. The summed E-state index contributed by atoms with van der Waals surface area (Å²) in [5.41, 5.74) is 2.20. The van der Waals surface area contributed by atoms with Crippen LogP contribution in [0.25, 0.3) is 11.4 Å². The van der Waals surface area contributed by atoms with Gasteiger partial charge in [-0.2, -0.15) is 5.10 Å². The fourth-order valence-corrected chi connectivity index (χ4v) is 2.33. The van der Waals surface area contributed by atoms with E-state index in [4.69, 9.17) is 11.6 Å². The Hall–Kier alpha value is -2.86. The minimum Gasteiger partial charge on any atom is -0.336 e. The number of halogens is 1. The third-order valence-corrected chi connectivity index (χ3v) is 3.65. The Balaban J connectivity index is 1.49. The number of benzene rings is 1. The summed E-state index contributed by atoms with van der Waals surface area (Å²) >= 11 is 6.00. The van der Waals surface area contributed by atoms with Gasteiger partial charge in [-0.25, -0.2) is 4.79 Å². The number of aromatic nitrogens is 3. The molecule has 0 aliphatic carbocycles. The second-order valence-corrected chi connectivity index (χ2v) is 5.45. The summed E-state index contributed by atoms with van der Waals surface area (Å²) in [7, 11) is 0. The highest BCUT2D eigenvalue weighted by atomic mass is 35.5. The molecule has 2 amide bonds. The van der Waals surface area contributed by atoms with Gasteiger partial charge < -0.3 is 10.6 Å². The number of carbonyl (C=O) groups excluding carboxylic acids is 1. The number of anilines is 1. The van der Waals surface area contributed by atoms with Crippen molar-refractivity contribution in [3.63, 3.8) is 0 Å². The first kappa shape index (κ1) is 16.0. The molecule has 0 aliphatic heterocycles. The maximum atomic E-state index is 11.9. The molecule has 0 bridgehead atoms. The molecule has 3 rings (SSSR count). The average Bonchev–Trinajstić information content (AvgIpc) is 3.07. The lowest BCUT2D eigenvalue weighted by Gasteiger charge is -2.08. The quantitative estimate of drug-likeness (QED) is 0.747. The minimum atomic E-state index is -0.305. The van der Waals surface area contributed by atoms with Gasteiger partial charge in [0.05, 0.1) is 22.9 Å². The van der Waals surface area contributed by atoms with Crippen molar-refractivity contribution in [3.8, 4) is 11.4 Å². The largest absolute Gasteiger partial charge is 0.336 e. The van der Waals surface area contributed by atoms with E-state index >= 15 is 0 Å². The van der Waals surface area contributed by atoms with E-state index in [1.807, 2.05) is 42.6 Å². The van der Waals surface area contributed by atoms with E-state index in [0.29, 0.717) is 23.8 Å². The molecule has 0 atom stereocenters. The van der Waals surface area contributed by atoms with E-state index in [9.17, 15) is 4.79 Å². The fraction of sp³-hybridized carbons (Fsp3) is 0.118. The van der Waals surface area contributed by atoms with E-state index in [2.05, 4.69) is 20.7 Å². The summed E-state index contributed by atoms with van der Waals surface area (Å²) in [5, 5.41) is 10.4. The van der Waals surface area contributed by atoms with Crippen molar-refractivity contribution >= 4 is 23.3 Å². The number of para-hydroxylation sites is 1. The lowest BCUT2D eigenvalue weighted by Crippen LogP contribution is -2.31. The van der Waals surface area contributed by atoms with Gasteiger partial charge in [0.25, 0.3) is 0 Å². The van der Waals surface area contributed by atoms with Gasteiger partial charge in [-0.05, 0) is 30.3 Å². The van der Waals surface area contributed by atoms with Crippen LogP contribution in [-0.4, -0.2) is 27.3 Å². The van der Waals surface area contributed by atoms with Crippen molar-refractivity contribution in [2.24, 2.45) is 0 Å². The number of nitrogens with zero attached hydrogens (tertiary/aromatic N) is 3. The molecule has 0 saturated carbocycles. The predicted molar refractivity (Wildman–Crippen MR) is 93.9 cm³/mol. The Morgan fingerprint density at radius 3 is 2.71 bits per heavy atom. The molecule has 6 nitrogen and oxygen atoms in total. The zero-order chi connectivity index (χ0) is 16.8. The van der Waals surface area contributed by atoms with Gasteiger partial charge >= 0.3 is 6.03 Å². The van der Waals surface area contributed by atoms with Crippen molar-refractivity contribution < 1.29 is 4.79 Å². The zero-order valence-corrected chi connectivity index (χ0v) is 13.6. The summed E-state index contributed by atoms with van der Waals surface area (Å²) < 4.78 is 1.76. The topological polar surface area (TPSA) is 71.8 Å². The number of rotatable bonds is 5. The number of hydrogen-bond acceptors (Lipinski definition) is 3. The van der Waals surface area contributed by atoms with Crippen molar-refractivity contribution in [3.05, 3.63) is 65.9 Å². The predicted octanol–water partition coefficient (Wildman–Crippen LogP) is 3.42. The van der Waals surface area contributed by atoms with E-state index in [0.717, 1.165) is 11.4 Å². The van der Waals surface area contributed by atoms with Gasteiger partial charge in [-0.1, -0.05) is 29.8 Å². The molecule has 0 saturated heterocycles. The number of nitrogens with one attached hydrogen (secondary N) is 2. The second-order valence-electron chi connectivity index (χ2n) is 5.04. The number of carbonyl (C=O) groups is 1. The monoisotopic (exact) mass is 341 g/mol. The highest BCUT2D eigenvalue weighted by molar-refractivity contribution is 6.33. The maximum Gasteiger partial charge on any atom is 0.319 e. The van der Waals surface area contributed by atoms with Gasteiger partial charge in [-0.3, -0.25) is 9.67 Å². The van der Waals surface area contributed by atoms with Crippen LogP contribution in [-0.2, 0) is 6.54 Å². The Kier molecular flexibility index (Phi) is 5.08. The summed E-state index contributed by atoms with van der Waals surface area (Å²) in [6.07, 6.45) is 3.59. The molecule has 1 aromatic carbocycles. The Morgan fingerprint density at radius 1 is 1.08 bits per heavy atom. The van der Waals surface area contributed by atoms with E-state index in [1.54, 1.807) is 23.0 Å². The normalized spacial score (nSPS) is 10.4. The molecule has 24 heavy (non-hydrogen) atoms. The molecule has 7 heteroatoms. The number of urea groups is 1. The van der Waals surface area contributed by atoms with Crippen LogP contribution < -0.4 is 10.6 Å². The van der Waals surface area contributed by atoms with E-state index in [-0.39, 0.29) is 6.03 Å². The zero-order valence-electron chi connectivity index (χ0n) is 12.8. The molecule has 122 valence electrons. The summed E-state index contributed by atoms with van der Waals surface area (Å²) in [5.74, 6) is 0. The first-order valence-corrected chi connectivity index (χ1v) is 7.84. The van der Waals surface area contributed by atoms with Crippen LogP contribution in [0, 0.1) is 0 Å². The van der Waals surface area contributed by atoms with Crippen LogP contribution in [0.15, 0.2) is 60.9 Å². The van der Waals surface area contributed by atoms with Crippen LogP contribution in [0.4, 0.5) is 10.5 Å². The lowest BCUT2D eigenvalue weighted by molar-refractivity contribution is 0.251. The van der Waals surface area contributed by atoms with Crippen molar-refractivity contribution in [2.75, 3.05) is 11.9 Å². The molecule has 0 spiro atoms. The molecular formula is C17H16ClN5O. The lowest BCUT2D eigenvalue weighted by atomic mass is 10.3. The van der Waals surface area contributed by atoms with Crippen LogP contribution >= 0.6 is 11.6 Å². The molecule has 0 radical (unpaired) electrons. The summed E-state index contributed by atoms with van der Waals surface area (Å²) in [6, 6.07) is 14.4. The fourth-order valence-electron chi connectivity index (χ4n) is 2.15. The highest BCUT2D eigenvalue weighted by Gasteiger charge is 2.05. The Morgan fingerprint density at radius 2 is 1.92 bits per heavy atom. The first-order valence-electron chi connectivity index (χ1n) is 7.46.